The smallest absolute Gasteiger partial charge is 0.317 e. The Morgan fingerprint density at radius 3 is 2.63 bits per heavy atom. The number of hydrogen-bond donors (Lipinski definition) is 1. The van der Waals surface area contributed by atoms with E-state index < -0.39 is 0 Å². The number of piperidine rings is 1. The van der Waals surface area contributed by atoms with Crippen molar-refractivity contribution in [2.45, 2.75) is 43.9 Å². The van der Waals surface area contributed by atoms with Crippen LogP contribution in [0.3, 0.4) is 0 Å². The number of halogens is 1. The molecule has 252 valence electrons. The lowest BCUT2D eigenvalue weighted by atomic mass is 9.84. The van der Waals surface area contributed by atoms with Gasteiger partial charge in [0.1, 0.15) is 6.33 Å². The van der Waals surface area contributed by atoms with Crippen LogP contribution >= 0.6 is 11.6 Å². The zero-order chi connectivity index (χ0) is 33.6. The van der Waals surface area contributed by atoms with E-state index >= 15 is 0 Å². The molecule has 49 heavy (non-hydrogen) atoms. The van der Waals surface area contributed by atoms with E-state index in [0.717, 1.165) is 85.5 Å². The van der Waals surface area contributed by atoms with Gasteiger partial charge < -0.3 is 20.2 Å². The van der Waals surface area contributed by atoms with Crippen LogP contribution in [-0.2, 0) is 11.2 Å². The summed E-state index contributed by atoms with van der Waals surface area (Å²) in [6.45, 7) is 3.62. The molecular weight excluding hydrogens is 638 g/mol. The van der Waals surface area contributed by atoms with Gasteiger partial charge in [-0.25, -0.2) is 4.79 Å². The molecule has 4 heterocycles. The SMILES string of the molecule is O=C(NCC1CCOC1)N1CCC(c2cccc([C@H](CCc3ccccc3)c3ccc(-c4cc(Cl)ccc4-n4cnnn4)c[n+]3[O-])c2)CC1. The maximum absolute atomic E-state index is 13.9. The summed E-state index contributed by atoms with van der Waals surface area (Å²) in [6, 6.07) is 28.5. The van der Waals surface area contributed by atoms with E-state index in [1.165, 1.54) is 17.5 Å². The quantitative estimate of drug-likeness (QED) is 0.137. The van der Waals surface area contributed by atoms with Gasteiger partial charge in [0.2, 0.25) is 0 Å². The van der Waals surface area contributed by atoms with Gasteiger partial charge >= 0.3 is 6.03 Å². The Labute approximate surface area is 291 Å². The highest BCUT2D eigenvalue weighted by atomic mass is 35.5. The highest BCUT2D eigenvalue weighted by Gasteiger charge is 2.28. The van der Waals surface area contributed by atoms with Gasteiger partial charge in [0.15, 0.2) is 11.9 Å². The highest BCUT2D eigenvalue weighted by molar-refractivity contribution is 6.31. The molecule has 3 aromatic carbocycles. The first-order chi connectivity index (χ1) is 24.0. The minimum atomic E-state index is -0.129. The first-order valence-corrected chi connectivity index (χ1v) is 17.4. The molecule has 1 unspecified atom stereocenters. The molecule has 1 N–H and O–H groups in total. The molecule has 0 radical (unpaired) electrons. The third kappa shape index (κ3) is 7.76. The number of aryl methyl sites for hydroxylation is 1. The Hall–Kier alpha value is -4.80. The number of carbonyl (C=O) groups is 1. The number of aromatic nitrogens is 5. The summed E-state index contributed by atoms with van der Waals surface area (Å²) in [5, 5.41) is 29.2. The van der Waals surface area contributed by atoms with E-state index in [4.69, 9.17) is 16.3 Å². The number of pyridine rings is 1. The summed E-state index contributed by atoms with van der Waals surface area (Å²) in [5.41, 5.74) is 6.48. The molecule has 0 bridgehead atoms. The Morgan fingerprint density at radius 2 is 1.88 bits per heavy atom. The lowest BCUT2D eigenvalue weighted by molar-refractivity contribution is -0.614. The number of benzene rings is 3. The van der Waals surface area contributed by atoms with E-state index in [1.807, 2.05) is 35.2 Å². The van der Waals surface area contributed by atoms with E-state index in [2.05, 4.69) is 69.4 Å². The predicted octanol–water partition coefficient (Wildman–Crippen LogP) is 6.31. The number of amides is 2. The molecule has 2 fully saturated rings. The van der Waals surface area contributed by atoms with Crippen LogP contribution in [0.25, 0.3) is 16.8 Å². The van der Waals surface area contributed by atoms with E-state index in [1.54, 1.807) is 16.9 Å². The Morgan fingerprint density at radius 1 is 1.02 bits per heavy atom. The molecule has 2 atom stereocenters. The number of nitrogens with zero attached hydrogens (tertiary/aromatic N) is 6. The summed E-state index contributed by atoms with van der Waals surface area (Å²) < 4.78 is 8.00. The molecule has 2 aliphatic rings. The van der Waals surface area contributed by atoms with Crippen molar-refractivity contribution in [2.24, 2.45) is 5.92 Å². The average Bonchev–Trinajstić information content (AvgIpc) is 3.88. The summed E-state index contributed by atoms with van der Waals surface area (Å²) in [4.78, 5) is 14.8. The lowest BCUT2D eigenvalue weighted by Gasteiger charge is -2.33. The fourth-order valence-electron chi connectivity index (χ4n) is 7.11. The largest absolute Gasteiger partial charge is 0.618 e. The van der Waals surface area contributed by atoms with Crippen LogP contribution in [0.5, 0.6) is 0 Å². The molecule has 10 nitrogen and oxygen atoms in total. The molecule has 11 heteroatoms. The molecule has 0 aliphatic carbocycles. The number of carbonyl (C=O) groups excluding carboxylic acids is 1. The zero-order valence-corrected chi connectivity index (χ0v) is 28.1. The molecule has 5 aromatic rings. The summed E-state index contributed by atoms with van der Waals surface area (Å²) in [5.74, 6) is 0.626. The second kappa shape index (κ2) is 15.2. The van der Waals surface area contributed by atoms with Crippen LogP contribution in [0.1, 0.15) is 59.9 Å². The van der Waals surface area contributed by atoms with Gasteiger partial charge in [-0.3, -0.25) is 0 Å². The van der Waals surface area contributed by atoms with Crippen molar-refractivity contribution in [3.63, 3.8) is 0 Å². The standard InChI is InChI=1S/C38H40ClN7O3/c39-33-11-14-36(45-26-41-42-43-45)35(22-33)32-10-13-37(46(48)24-32)34(12-9-27-5-2-1-3-6-27)31-8-4-7-30(21-31)29-15-18-44(19-16-29)38(47)40-23-28-17-20-49-25-28/h1-8,10-11,13-14,21-22,24,26,28-29,34H,9,12,15-20,23,25H2,(H,40,47)/t28?,34-/m0/s1. The maximum Gasteiger partial charge on any atom is 0.317 e. The van der Waals surface area contributed by atoms with Crippen molar-refractivity contribution >= 4 is 17.6 Å². The fourth-order valence-corrected chi connectivity index (χ4v) is 7.28. The van der Waals surface area contributed by atoms with E-state index in [0.29, 0.717) is 29.1 Å². The van der Waals surface area contributed by atoms with E-state index in [-0.39, 0.29) is 11.9 Å². The lowest BCUT2D eigenvalue weighted by Crippen LogP contribution is -2.45. The van der Waals surface area contributed by atoms with Crippen LogP contribution in [0.2, 0.25) is 5.02 Å². The summed E-state index contributed by atoms with van der Waals surface area (Å²) in [6.07, 6.45) is 7.54. The molecule has 0 saturated carbocycles. The minimum Gasteiger partial charge on any atom is -0.618 e. The summed E-state index contributed by atoms with van der Waals surface area (Å²) in [7, 11) is 0. The van der Waals surface area contributed by atoms with Crippen LogP contribution < -0.4 is 10.0 Å². The first-order valence-electron chi connectivity index (χ1n) is 17.0. The first kappa shape index (κ1) is 32.7. The van der Waals surface area contributed by atoms with Gasteiger partial charge in [0.25, 0.3) is 0 Å². The van der Waals surface area contributed by atoms with Gasteiger partial charge in [-0.05, 0) is 89.4 Å². The van der Waals surface area contributed by atoms with Gasteiger partial charge in [-0.1, -0.05) is 66.2 Å². The van der Waals surface area contributed by atoms with Crippen molar-refractivity contribution in [1.29, 1.82) is 0 Å². The van der Waals surface area contributed by atoms with Gasteiger partial charge in [0.05, 0.1) is 18.2 Å². The Balaban J connectivity index is 1.12. The fraction of sp³-hybridized carbons (Fsp3) is 0.342. The highest BCUT2D eigenvalue weighted by Crippen LogP contribution is 2.35. The Bertz CT molecular complexity index is 1860. The predicted molar refractivity (Wildman–Crippen MR) is 187 cm³/mol. The second-order valence-electron chi connectivity index (χ2n) is 13.0. The van der Waals surface area contributed by atoms with Crippen LogP contribution in [0.4, 0.5) is 4.79 Å². The Kier molecular flexibility index (Phi) is 10.1. The van der Waals surface area contributed by atoms with Gasteiger partial charge in [-0.15, -0.1) is 5.10 Å². The van der Waals surface area contributed by atoms with Crippen molar-refractivity contribution in [3.05, 3.63) is 130 Å². The molecule has 2 aromatic heterocycles. The van der Waals surface area contributed by atoms with Crippen LogP contribution in [0.15, 0.2) is 97.5 Å². The molecule has 2 amide bonds. The van der Waals surface area contributed by atoms with Gasteiger partial charge in [-0.2, -0.15) is 9.41 Å². The zero-order valence-electron chi connectivity index (χ0n) is 27.3. The van der Waals surface area contributed by atoms with Crippen LogP contribution in [0, 0.1) is 11.1 Å². The third-order valence-electron chi connectivity index (χ3n) is 9.86. The average molecular weight is 678 g/mol. The third-order valence-corrected chi connectivity index (χ3v) is 10.1. The number of likely N-dealkylation sites (tertiary alicyclic amines) is 1. The van der Waals surface area contributed by atoms with Crippen molar-refractivity contribution in [3.8, 4) is 16.8 Å². The number of tetrazole rings is 1. The molecule has 0 spiro atoms. The van der Waals surface area contributed by atoms with Crippen LogP contribution in [-0.4, -0.2) is 64.0 Å². The maximum atomic E-state index is 13.9. The number of rotatable bonds is 10. The molecular formula is C38H40ClN7O3. The minimum absolute atomic E-state index is 0.0198. The normalized spacial score (nSPS) is 17.2. The van der Waals surface area contributed by atoms with E-state index in [9.17, 15) is 10.0 Å². The second-order valence-corrected chi connectivity index (χ2v) is 13.4. The molecule has 2 aliphatic heterocycles. The summed E-state index contributed by atoms with van der Waals surface area (Å²) >= 11 is 6.40. The monoisotopic (exact) mass is 677 g/mol. The van der Waals surface area contributed by atoms with Crippen molar-refractivity contribution in [1.82, 2.24) is 30.4 Å². The van der Waals surface area contributed by atoms with Crippen molar-refractivity contribution in [2.75, 3.05) is 32.8 Å². The van der Waals surface area contributed by atoms with Crippen molar-refractivity contribution < 1.29 is 14.3 Å². The molecule has 2 saturated heterocycles. The molecule has 7 rings (SSSR count). The van der Waals surface area contributed by atoms with Gasteiger partial charge in [0, 0.05) is 54.4 Å². The topological polar surface area (TPSA) is 112 Å². The number of ether oxygens (including phenoxy) is 1. The number of urea groups is 1. The number of hydrogen-bond acceptors (Lipinski definition) is 6. The number of nitrogens with one attached hydrogen (secondary N) is 1.